The van der Waals surface area contributed by atoms with Crippen LogP contribution in [0, 0.1) is 0 Å². The van der Waals surface area contributed by atoms with E-state index in [1.807, 2.05) is 0 Å². The summed E-state index contributed by atoms with van der Waals surface area (Å²) in [7, 11) is 1.71. The van der Waals surface area contributed by atoms with Crippen LogP contribution in [0.5, 0.6) is 0 Å². The standard InChI is InChI=1S/C11H22N4O2/c1-9(2)13-8-10-14-15-11(17-10)12-6-4-5-7-16-3/h9,13H,4-8H2,1-3H3,(H,12,15). The molecule has 1 heterocycles. The van der Waals surface area contributed by atoms with Crippen LogP contribution in [-0.2, 0) is 11.3 Å². The lowest BCUT2D eigenvalue weighted by atomic mass is 10.3. The summed E-state index contributed by atoms with van der Waals surface area (Å²) in [4.78, 5) is 0. The summed E-state index contributed by atoms with van der Waals surface area (Å²) in [6.45, 7) is 6.37. The van der Waals surface area contributed by atoms with Gasteiger partial charge in [-0.1, -0.05) is 18.9 Å². The van der Waals surface area contributed by atoms with Crippen LogP contribution in [0.15, 0.2) is 4.42 Å². The van der Waals surface area contributed by atoms with Crippen LogP contribution in [0.1, 0.15) is 32.6 Å². The second kappa shape index (κ2) is 8.03. The average molecular weight is 242 g/mol. The minimum absolute atomic E-state index is 0.410. The highest BCUT2D eigenvalue weighted by atomic mass is 16.5. The Labute approximate surface area is 102 Å². The lowest BCUT2D eigenvalue weighted by molar-refractivity contribution is 0.193. The van der Waals surface area contributed by atoms with Crippen molar-refractivity contribution in [3.63, 3.8) is 0 Å². The van der Waals surface area contributed by atoms with Crippen molar-refractivity contribution in [1.82, 2.24) is 15.5 Å². The van der Waals surface area contributed by atoms with Crippen molar-refractivity contribution < 1.29 is 9.15 Å². The van der Waals surface area contributed by atoms with E-state index in [2.05, 4.69) is 34.7 Å². The third-order valence-electron chi connectivity index (χ3n) is 2.18. The average Bonchev–Trinajstić information content (AvgIpc) is 2.74. The normalized spacial score (nSPS) is 11.1. The van der Waals surface area contributed by atoms with E-state index in [0.717, 1.165) is 26.0 Å². The fourth-order valence-electron chi connectivity index (χ4n) is 1.25. The van der Waals surface area contributed by atoms with E-state index in [1.54, 1.807) is 7.11 Å². The topological polar surface area (TPSA) is 72.2 Å². The van der Waals surface area contributed by atoms with E-state index < -0.39 is 0 Å². The second-order valence-corrected chi connectivity index (χ2v) is 4.16. The lowest BCUT2D eigenvalue weighted by Gasteiger charge is -2.03. The Morgan fingerprint density at radius 1 is 1.29 bits per heavy atom. The van der Waals surface area contributed by atoms with Crippen LogP contribution < -0.4 is 10.6 Å². The number of unbranched alkanes of at least 4 members (excludes halogenated alkanes) is 1. The van der Waals surface area contributed by atoms with Crippen molar-refractivity contribution in [2.45, 2.75) is 39.3 Å². The Morgan fingerprint density at radius 3 is 2.82 bits per heavy atom. The maximum Gasteiger partial charge on any atom is 0.315 e. The van der Waals surface area contributed by atoms with Crippen molar-refractivity contribution in [2.24, 2.45) is 0 Å². The molecule has 0 spiro atoms. The van der Waals surface area contributed by atoms with Crippen molar-refractivity contribution in [1.29, 1.82) is 0 Å². The summed E-state index contributed by atoms with van der Waals surface area (Å²) in [5.74, 6) is 0.609. The van der Waals surface area contributed by atoms with Crippen LogP contribution in [0.25, 0.3) is 0 Å². The van der Waals surface area contributed by atoms with Gasteiger partial charge in [-0.2, -0.15) is 0 Å². The summed E-state index contributed by atoms with van der Waals surface area (Å²) in [6, 6.07) is 0.898. The van der Waals surface area contributed by atoms with E-state index >= 15 is 0 Å². The van der Waals surface area contributed by atoms with Crippen molar-refractivity contribution in [2.75, 3.05) is 25.6 Å². The molecule has 0 aliphatic carbocycles. The molecule has 0 aliphatic heterocycles. The van der Waals surface area contributed by atoms with Gasteiger partial charge in [0.25, 0.3) is 0 Å². The Balaban J connectivity index is 2.17. The molecule has 0 atom stereocenters. The molecule has 1 aromatic heterocycles. The maximum absolute atomic E-state index is 5.41. The first-order chi connectivity index (χ1) is 8.22. The van der Waals surface area contributed by atoms with E-state index in [9.17, 15) is 0 Å². The maximum atomic E-state index is 5.41. The predicted molar refractivity (Wildman–Crippen MR) is 65.9 cm³/mol. The molecule has 0 radical (unpaired) electrons. The highest BCUT2D eigenvalue weighted by Gasteiger charge is 2.05. The zero-order valence-corrected chi connectivity index (χ0v) is 10.8. The highest BCUT2D eigenvalue weighted by Crippen LogP contribution is 2.05. The predicted octanol–water partition coefficient (Wildman–Crippen LogP) is 1.41. The van der Waals surface area contributed by atoms with E-state index in [4.69, 9.17) is 9.15 Å². The molecule has 6 heteroatoms. The molecule has 0 saturated heterocycles. The first-order valence-electron chi connectivity index (χ1n) is 6.01. The van der Waals surface area contributed by atoms with Crippen molar-refractivity contribution >= 4 is 6.01 Å². The summed E-state index contributed by atoms with van der Waals surface area (Å²) < 4.78 is 10.4. The smallest absolute Gasteiger partial charge is 0.315 e. The molecule has 0 bridgehead atoms. The largest absolute Gasteiger partial charge is 0.407 e. The van der Waals surface area contributed by atoms with Gasteiger partial charge in [0.05, 0.1) is 6.54 Å². The summed E-state index contributed by atoms with van der Waals surface area (Å²) in [5.41, 5.74) is 0. The van der Waals surface area contributed by atoms with E-state index in [1.165, 1.54) is 0 Å². The molecule has 0 aromatic carbocycles. The zero-order chi connectivity index (χ0) is 12.5. The van der Waals surface area contributed by atoms with Gasteiger partial charge in [0.15, 0.2) is 0 Å². The summed E-state index contributed by atoms with van der Waals surface area (Å²) >= 11 is 0. The van der Waals surface area contributed by atoms with Gasteiger partial charge in [-0.3, -0.25) is 0 Å². The first kappa shape index (κ1) is 13.9. The Bertz CT molecular complexity index is 301. The Hall–Kier alpha value is -1.14. The minimum atomic E-state index is 0.410. The number of nitrogens with one attached hydrogen (secondary N) is 2. The van der Waals surface area contributed by atoms with Crippen LogP contribution in [-0.4, -0.2) is 36.5 Å². The lowest BCUT2D eigenvalue weighted by Crippen LogP contribution is -2.21. The molecule has 17 heavy (non-hydrogen) atoms. The zero-order valence-electron chi connectivity index (χ0n) is 10.8. The second-order valence-electron chi connectivity index (χ2n) is 4.16. The van der Waals surface area contributed by atoms with Gasteiger partial charge in [-0.25, -0.2) is 0 Å². The van der Waals surface area contributed by atoms with Gasteiger partial charge in [0.2, 0.25) is 5.89 Å². The molecular formula is C11H22N4O2. The van der Waals surface area contributed by atoms with E-state index in [0.29, 0.717) is 24.5 Å². The van der Waals surface area contributed by atoms with Gasteiger partial charge in [0.1, 0.15) is 0 Å². The van der Waals surface area contributed by atoms with Gasteiger partial charge >= 0.3 is 6.01 Å². The number of anilines is 1. The number of hydrogen-bond acceptors (Lipinski definition) is 6. The number of rotatable bonds is 9. The fourth-order valence-corrected chi connectivity index (χ4v) is 1.25. The van der Waals surface area contributed by atoms with Crippen molar-refractivity contribution in [3.05, 3.63) is 5.89 Å². The van der Waals surface area contributed by atoms with Gasteiger partial charge in [-0.15, -0.1) is 5.10 Å². The molecule has 98 valence electrons. The van der Waals surface area contributed by atoms with Crippen LogP contribution in [0.2, 0.25) is 0 Å². The Kier molecular flexibility index (Phi) is 6.57. The molecule has 1 aromatic rings. The number of hydrogen-bond donors (Lipinski definition) is 2. The first-order valence-corrected chi connectivity index (χ1v) is 6.01. The van der Waals surface area contributed by atoms with Crippen LogP contribution in [0.4, 0.5) is 6.01 Å². The number of ether oxygens (including phenoxy) is 1. The monoisotopic (exact) mass is 242 g/mol. The summed E-state index contributed by atoms with van der Waals surface area (Å²) in [6.07, 6.45) is 2.05. The molecule has 1 rings (SSSR count). The third-order valence-corrected chi connectivity index (χ3v) is 2.18. The molecular weight excluding hydrogens is 220 g/mol. The quantitative estimate of drug-likeness (QED) is 0.638. The van der Waals surface area contributed by atoms with Crippen LogP contribution >= 0.6 is 0 Å². The number of nitrogens with zero attached hydrogens (tertiary/aromatic N) is 2. The number of methoxy groups -OCH3 is 1. The van der Waals surface area contributed by atoms with Crippen LogP contribution in [0.3, 0.4) is 0 Å². The molecule has 0 fully saturated rings. The minimum Gasteiger partial charge on any atom is -0.407 e. The molecule has 2 N–H and O–H groups in total. The van der Waals surface area contributed by atoms with E-state index in [-0.39, 0.29) is 0 Å². The SMILES string of the molecule is COCCCCNc1nnc(CNC(C)C)o1. The van der Waals surface area contributed by atoms with Gasteiger partial charge in [0, 0.05) is 26.3 Å². The molecule has 0 aliphatic rings. The van der Waals surface area contributed by atoms with Gasteiger partial charge in [-0.05, 0) is 12.8 Å². The molecule has 0 unspecified atom stereocenters. The van der Waals surface area contributed by atoms with Crippen molar-refractivity contribution in [3.8, 4) is 0 Å². The molecule has 0 amide bonds. The summed E-state index contributed by atoms with van der Waals surface area (Å²) in [5, 5.41) is 14.2. The fraction of sp³-hybridized carbons (Fsp3) is 0.818. The van der Waals surface area contributed by atoms with Gasteiger partial charge < -0.3 is 19.8 Å². The Morgan fingerprint density at radius 2 is 2.12 bits per heavy atom. The highest BCUT2D eigenvalue weighted by molar-refractivity contribution is 5.16. The third kappa shape index (κ3) is 6.23. The molecule has 0 saturated carbocycles. The molecule has 6 nitrogen and oxygen atoms in total. The number of aromatic nitrogens is 2.